The van der Waals surface area contributed by atoms with E-state index in [9.17, 15) is 4.39 Å². The minimum atomic E-state index is -0.590. The van der Waals surface area contributed by atoms with Crippen molar-refractivity contribution in [3.05, 3.63) is 28.8 Å². The summed E-state index contributed by atoms with van der Waals surface area (Å²) in [6.07, 6.45) is 1.79. The molecule has 0 aliphatic heterocycles. The number of pyridine rings is 1. The second-order valence-electron chi connectivity index (χ2n) is 2.66. The molecule has 13 heavy (non-hydrogen) atoms. The maximum atomic E-state index is 12.9. The van der Waals surface area contributed by atoms with Crippen LogP contribution in [0, 0.1) is 5.82 Å². The Kier molecular flexibility index (Phi) is 3.59. The van der Waals surface area contributed by atoms with Gasteiger partial charge in [-0.25, -0.2) is 9.37 Å². The molecule has 72 valence electrons. The van der Waals surface area contributed by atoms with E-state index in [2.05, 4.69) is 4.98 Å². The van der Waals surface area contributed by atoms with Crippen molar-refractivity contribution in [1.29, 1.82) is 0 Å². The highest BCUT2D eigenvalue weighted by Crippen LogP contribution is 2.17. The molecule has 0 unspecified atom stereocenters. The summed E-state index contributed by atoms with van der Waals surface area (Å²) in [5.74, 6) is -0.590. The van der Waals surface area contributed by atoms with Crippen molar-refractivity contribution in [2.75, 3.05) is 6.61 Å². The summed E-state index contributed by atoms with van der Waals surface area (Å²) < 4.78 is 12.9. The Bertz CT molecular complexity index is 295. The number of aliphatic hydroxyl groups excluding tert-OH is 1. The zero-order valence-electron chi connectivity index (χ0n) is 6.87. The molecular formula is C8H10ClFN2O. The molecule has 0 spiro atoms. The van der Waals surface area contributed by atoms with Gasteiger partial charge in [0.2, 0.25) is 0 Å². The van der Waals surface area contributed by atoms with Crippen LogP contribution in [0.15, 0.2) is 12.3 Å². The first-order valence-corrected chi connectivity index (χ1v) is 4.20. The molecule has 0 bridgehead atoms. The van der Waals surface area contributed by atoms with Gasteiger partial charge in [-0.1, -0.05) is 11.6 Å². The number of aliphatic hydroxyl groups is 1. The third-order valence-electron chi connectivity index (χ3n) is 1.69. The minimum absolute atomic E-state index is 0.0363. The molecular weight excluding hydrogens is 195 g/mol. The maximum Gasteiger partial charge on any atom is 0.164 e. The van der Waals surface area contributed by atoms with E-state index >= 15 is 0 Å². The Morgan fingerprint density at radius 1 is 1.69 bits per heavy atom. The Hall–Kier alpha value is -0.710. The largest absolute Gasteiger partial charge is 0.396 e. The predicted octanol–water partition coefficient (Wildman–Crippen LogP) is 1.26. The highest BCUT2D eigenvalue weighted by atomic mass is 35.5. The van der Waals surface area contributed by atoms with Gasteiger partial charge in [-0.05, 0) is 18.1 Å². The molecule has 0 aromatic carbocycles. The molecule has 0 aliphatic carbocycles. The number of halogens is 2. The van der Waals surface area contributed by atoms with Crippen LogP contribution in [-0.4, -0.2) is 16.7 Å². The fraction of sp³-hybridized carbons (Fsp3) is 0.375. The van der Waals surface area contributed by atoms with Crippen molar-refractivity contribution in [3.8, 4) is 0 Å². The minimum Gasteiger partial charge on any atom is -0.396 e. The van der Waals surface area contributed by atoms with E-state index < -0.39 is 11.9 Å². The van der Waals surface area contributed by atoms with Gasteiger partial charge < -0.3 is 10.8 Å². The average Bonchev–Trinajstić information content (AvgIpc) is 2.10. The zero-order chi connectivity index (χ0) is 9.84. The average molecular weight is 205 g/mol. The topological polar surface area (TPSA) is 59.1 Å². The number of hydrogen-bond acceptors (Lipinski definition) is 3. The smallest absolute Gasteiger partial charge is 0.164 e. The van der Waals surface area contributed by atoms with E-state index in [0.29, 0.717) is 12.0 Å². The molecule has 0 radical (unpaired) electrons. The first-order chi connectivity index (χ1) is 6.15. The van der Waals surface area contributed by atoms with Crippen LogP contribution in [0.3, 0.4) is 0 Å². The van der Waals surface area contributed by atoms with Crippen molar-refractivity contribution in [2.45, 2.75) is 12.5 Å². The van der Waals surface area contributed by atoms with Crippen molar-refractivity contribution < 1.29 is 9.50 Å². The molecule has 1 atom stereocenters. The van der Waals surface area contributed by atoms with Gasteiger partial charge in [-0.3, -0.25) is 0 Å². The van der Waals surface area contributed by atoms with Crippen LogP contribution in [-0.2, 0) is 0 Å². The summed E-state index contributed by atoms with van der Waals surface area (Å²) in [6, 6.07) is 0.833. The van der Waals surface area contributed by atoms with Gasteiger partial charge in [0, 0.05) is 18.8 Å². The Balaban J connectivity index is 2.84. The maximum absolute atomic E-state index is 12.9. The lowest BCUT2D eigenvalue weighted by molar-refractivity contribution is 0.276. The second kappa shape index (κ2) is 4.50. The molecule has 1 aromatic rings. The number of aromatic nitrogens is 1. The molecule has 0 amide bonds. The monoisotopic (exact) mass is 204 g/mol. The van der Waals surface area contributed by atoms with Crippen LogP contribution >= 0.6 is 11.6 Å². The number of hydrogen-bond donors (Lipinski definition) is 2. The van der Waals surface area contributed by atoms with E-state index in [0.717, 1.165) is 0 Å². The summed E-state index contributed by atoms with van der Waals surface area (Å²) in [5.41, 5.74) is 6.15. The molecule has 3 N–H and O–H groups in total. The SMILES string of the molecule is N[C@@H](CCO)c1cnc(Cl)c(F)c1. The molecule has 0 aliphatic rings. The van der Waals surface area contributed by atoms with Gasteiger partial charge in [-0.15, -0.1) is 0 Å². The van der Waals surface area contributed by atoms with Crippen molar-refractivity contribution in [1.82, 2.24) is 4.98 Å². The lowest BCUT2D eigenvalue weighted by Crippen LogP contribution is -2.12. The molecule has 0 fully saturated rings. The zero-order valence-corrected chi connectivity index (χ0v) is 7.63. The number of nitrogens with zero attached hydrogens (tertiary/aromatic N) is 1. The van der Waals surface area contributed by atoms with Crippen LogP contribution in [0.2, 0.25) is 5.15 Å². The van der Waals surface area contributed by atoms with Gasteiger partial charge in [-0.2, -0.15) is 0 Å². The van der Waals surface area contributed by atoms with Gasteiger partial charge in [0.15, 0.2) is 11.0 Å². The van der Waals surface area contributed by atoms with Gasteiger partial charge in [0.05, 0.1) is 0 Å². The van der Waals surface area contributed by atoms with E-state index in [1.807, 2.05) is 0 Å². The van der Waals surface area contributed by atoms with Crippen molar-refractivity contribution in [2.24, 2.45) is 5.73 Å². The summed E-state index contributed by atoms with van der Waals surface area (Å²) in [6.45, 7) is -0.0363. The van der Waals surface area contributed by atoms with Crippen LogP contribution < -0.4 is 5.73 Å². The van der Waals surface area contributed by atoms with E-state index in [1.54, 1.807) is 0 Å². The van der Waals surface area contributed by atoms with Gasteiger partial charge >= 0.3 is 0 Å². The van der Waals surface area contributed by atoms with Gasteiger partial charge in [0.25, 0.3) is 0 Å². The molecule has 1 aromatic heterocycles. The highest BCUT2D eigenvalue weighted by Gasteiger charge is 2.08. The molecule has 1 heterocycles. The van der Waals surface area contributed by atoms with Crippen LogP contribution in [0.1, 0.15) is 18.0 Å². The fourth-order valence-corrected chi connectivity index (χ4v) is 1.05. The third kappa shape index (κ3) is 2.62. The molecule has 5 heteroatoms. The standard InChI is InChI=1S/C8H10ClFN2O/c9-8-6(10)3-5(4-12-8)7(11)1-2-13/h3-4,7,13H,1-2,11H2/t7-/m0/s1. The number of nitrogens with two attached hydrogens (primary N) is 1. The Labute approximate surface area is 80.3 Å². The molecule has 1 rings (SSSR count). The van der Waals surface area contributed by atoms with E-state index in [4.69, 9.17) is 22.4 Å². The van der Waals surface area contributed by atoms with Crippen LogP contribution in [0.25, 0.3) is 0 Å². The van der Waals surface area contributed by atoms with Crippen molar-refractivity contribution >= 4 is 11.6 Å². The second-order valence-corrected chi connectivity index (χ2v) is 3.02. The summed E-state index contributed by atoms with van der Waals surface area (Å²) in [5, 5.41) is 8.43. The lowest BCUT2D eigenvalue weighted by Gasteiger charge is -2.09. The Morgan fingerprint density at radius 2 is 2.38 bits per heavy atom. The van der Waals surface area contributed by atoms with Crippen molar-refractivity contribution in [3.63, 3.8) is 0 Å². The summed E-state index contributed by atoms with van der Waals surface area (Å²) in [4.78, 5) is 3.61. The molecule has 0 saturated carbocycles. The summed E-state index contributed by atoms with van der Waals surface area (Å²) in [7, 11) is 0. The first-order valence-electron chi connectivity index (χ1n) is 3.82. The Morgan fingerprint density at radius 3 is 2.92 bits per heavy atom. The van der Waals surface area contributed by atoms with Crippen LogP contribution in [0.5, 0.6) is 0 Å². The van der Waals surface area contributed by atoms with E-state index in [-0.39, 0.29) is 11.8 Å². The first kappa shape index (κ1) is 10.4. The lowest BCUT2D eigenvalue weighted by atomic mass is 10.1. The highest BCUT2D eigenvalue weighted by molar-refractivity contribution is 6.29. The molecule has 0 saturated heterocycles. The van der Waals surface area contributed by atoms with E-state index in [1.165, 1.54) is 12.3 Å². The quantitative estimate of drug-likeness (QED) is 0.729. The van der Waals surface area contributed by atoms with Gasteiger partial charge in [0.1, 0.15) is 0 Å². The normalized spacial score (nSPS) is 12.9. The summed E-state index contributed by atoms with van der Waals surface area (Å²) >= 11 is 5.39. The predicted molar refractivity (Wildman–Crippen MR) is 47.8 cm³/mol. The molecule has 3 nitrogen and oxygen atoms in total. The fourth-order valence-electron chi connectivity index (χ4n) is 0.945. The third-order valence-corrected chi connectivity index (χ3v) is 1.96. The number of rotatable bonds is 3. The van der Waals surface area contributed by atoms with Crippen LogP contribution in [0.4, 0.5) is 4.39 Å².